The van der Waals surface area contributed by atoms with E-state index in [0.29, 0.717) is 11.1 Å². The Morgan fingerprint density at radius 2 is 2.20 bits per heavy atom. The second kappa shape index (κ2) is 2.93. The minimum Gasteiger partial charge on any atom is -0.299 e. The summed E-state index contributed by atoms with van der Waals surface area (Å²) >= 11 is 7.37. The van der Waals surface area contributed by atoms with Gasteiger partial charge in [0, 0.05) is 25.0 Å². The summed E-state index contributed by atoms with van der Waals surface area (Å²) in [5.74, 6) is 2.33. The first-order valence-corrected chi connectivity index (χ1v) is 6.66. The van der Waals surface area contributed by atoms with Crippen LogP contribution in [0.4, 0.5) is 0 Å². The largest absolute Gasteiger partial charge is 0.299 e. The molecule has 1 aliphatic carbocycles. The first-order chi connectivity index (χ1) is 7.33. The lowest BCUT2D eigenvalue weighted by molar-refractivity contribution is 0.253. The molecule has 3 nitrogen and oxygen atoms in total. The van der Waals surface area contributed by atoms with Crippen LogP contribution in [0.1, 0.15) is 24.5 Å². The maximum atomic E-state index is 6.11. The van der Waals surface area contributed by atoms with Crippen LogP contribution in [0, 0.1) is 11.8 Å². The third kappa shape index (κ3) is 1.10. The third-order valence-corrected chi connectivity index (χ3v) is 5.27. The Bertz CT molecular complexity index is 403. The summed E-state index contributed by atoms with van der Waals surface area (Å²) in [7, 11) is 0. The lowest BCUT2D eigenvalue weighted by Crippen LogP contribution is -2.27. The van der Waals surface area contributed by atoms with Gasteiger partial charge in [0.25, 0.3) is 0 Å². The molecule has 0 radical (unpaired) electrons. The van der Waals surface area contributed by atoms with Gasteiger partial charge in [-0.15, -0.1) is 0 Å². The number of nitrogens with zero attached hydrogens (tertiary/aromatic N) is 3. The number of rotatable bonds is 1. The molecule has 3 saturated heterocycles. The van der Waals surface area contributed by atoms with Gasteiger partial charge in [0.05, 0.1) is 17.4 Å². The SMILES string of the molecule is Clc1nsnc1C1C2CC3CC1N(C3)C2. The van der Waals surface area contributed by atoms with E-state index in [1.807, 2.05) is 0 Å². The Balaban J connectivity index is 1.77. The first-order valence-electron chi connectivity index (χ1n) is 5.55. The zero-order valence-corrected chi connectivity index (χ0v) is 9.84. The molecule has 0 amide bonds. The highest BCUT2D eigenvalue weighted by Gasteiger charge is 2.54. The number of halogens is 1. The van der Waals surface area contributed by atoms with Crippen molar-refractivity contribution in [2.24, 2.45) is 11.8 Å². The molecule has 4 aliphatic rings. The van der Waals surface area contributed by atoms with Crippen LogP contribution in [0.5, 0.6) is 0 Å². The highest BCUT2D eigenvalue weighted by molar-refractivity contribution is 6.99. The van der Waals surface area contributed by atoms with Crippen LogP contribution in [0.3, 0.4) is 0 Å². The van der Waals surface area contributed by atoms with Crippen molar-refractivity contribution < 1.29 is 0 Å². The Morgan fingerprint density at radius 1 is 1.27 bits per heavy atom. The third-order valence-electron chi connectivity index (χ3n) is 4.35. The highest BCUT2D eigenvalue weighted by atomic mass is 35.5. The molecule has 0 aromatic carbocycles. The molecule has 5 atom stereocenters. The van der Waals surface area contributed by atoms with E-state index in [9.17, 15) is 0 Å². The monoisotopic (exact) mass is 241 g/mol. The molecule has 0 spiro atoms. The topological polar surface area (TPSA) is 29.0 Å². The van der Waals surface area contributed by atoms with Crippen molar-refractivity contribution in [3.8, 4) is 0 Å². The predicted molar refractivity (Wildman–Crippen MR) is 59.2 cm³/mol. The Kier molecular flexibility index (Phi) is 1.74. The quantitative estimate of drug-likeness (QED) is 0.753. The number of hydrogen-bond donors (Lipinski definition) is 0. The van der Waals surface area contributed by atoms with Crippen molar-refractivity contribution in [2.45, 2.75) is 24.8 Å². The Labute approximate surface area is 97.8 Å². The molecule has 5 heteroatoms. The number of hydrogen-bond acceptors (Lipinski definition) is 4. The fraction of sp³-hybridized carbons (Fsp3) is 0.800. The molecule has 4 fully saturated rings. The van der Waals surface area contributed by atoms with E-state index in [1.54, 1.807) is 0 Å². The Hall–Kier alpha value is -0.190. The average molecular weight is 242 g/mol. The van der Waals surface area contributed by atoms with Crippen LogP contribution in [-0.4, -0.2) is 32.8 Å². The van der Waals surface area contributed by atoms with Crippen molar-refractivity contribution in [1.82, 2.24) is 13.6 Å². The van der Waals surface area contributed by atoms with Gasteiger partial charge in [0.1, 0.15) is 0 Å². The van der Waals surface area contributed by atoms with Gasteiger partial charge in [-0.3, -0.25) is 4.90 Å². The van der Waals surface area contributed by atoms with E-state index in [2.05, 4.69) is 13.6 Å². The van der Waals surface area contributed by atoms with Gasteiger partial charge in [-0.2, -0.15) is 8.75 Å². The lowest BCUT2D eigenvalue weighted by atomic mass is 9.74. The van der Waals surface area contributed by atoms with E-state index in [1.165, 1.54) is 37.7 Å². The van der Waals surface area contributed by atoms with Crippen LogP contribution >= 0.6 is 23.3 Å². The van der Waals surface area contributed by atoms with Crippen LogP contribution in [0.2, 0.25) is 5.15 Å². The molecule has 15 heavy (non-hydrogen) atoms. The smallest absolute Gasteiger partial charge is 0.166 e. The molecule has 5 unspecified atom stereocenters. The molecule has 0 N–H and O–H groups in total. The van der Waals surface area contributed by atoms with Crippen LogP contribution < -0.4 is 0 Å². The second-order valence-electron chi connectivity index (χ2n) is 5.08. The highest BCUT2D eigenvalue weighted by Crippen LogP contribution is 2.53. The second-order valence-corrected chi connectivity index (χ2v) is 5.97. The summed E-state index contributed by atoms with van der Waals surface area (Å²) in [5.41, 5.74) is 1.08. The molecule has 4 heterocycles. The molecule has 4 bridgehead atoms. The molecule has 1 aromatic heterocycles. The van der Waals surface area contributed by atoms with E-state index >= 15 is 0 Å². The zero-order chi connectivity index (χ0) is 9.99. The van der Waals surface area contributed by atoms with E-state index in [-0.39, 0.29) is 0 Å². The fourth-order valence-corrected chi connectivity index (χ4v) is 4.77. The molecule has 5 rings (SSSR count). The molecule has 1 aromatic rings. The van der Waals surface area contributed by atoms with Crippen molar-refractivity contribution in [3.05, 3.63) is 10.8 Å². The molecule has 80 valence electrons. The minimum absolute atomic E-state index is 0.579. The molecular weight excluding hydrogens is 230 g/mol. The van der Waals surface area contributed by atoms with Gasteiger partial charge < -0.3 is 0 Å². The summed E-state index contributed by atoms with van der Waals surface area (Å²) in [6.45, 7) is 2.58. The maximum absolute atomic E-state index is 6.11. The number of piperidine rings is 1. The van der Waals surface area contributed by atoms with Gasteiger partial charge >= 0.3 is 0 Å². The van der Waals surface area contributed by atoms with Gasteiger partial charge in [0.2, 0.25) is 0 Å². The standard InChI is InChI=1S/C10H12ClN3S/c11-10-9(12-15-13-10)8-6-1-5-2-7(8)14(3-5)4-6/h5-8H,1-4H2. The zero-order valence-electron chi connectivity index (χ0n) is 8.27. The molecule has 3 aliphatic heterocycles. The van der Waals surface area contributed by atoms with Crippen molar-refractivity contribution >= 4 is 23.3 Å². The first kappa shape index (κ1) is 8.90. The lowest BCUT2D eigenvalue weighted by Gasteiger charge is -2.29. The Morgan fingerprint density at radius 3 is 2.93 bits per heavy atom. The normalized spacial score (nSPS) is 46.6. The van der Waals surface area contributed by atoms with Crippen molar-refractivity contribution in [3.63, 3.8) is 0 Å². The summed E-state index contributed by atoms with van der Waals surface area (Å²) in [5, 5.41) is 0.655. The maximum Gasteiger partial charge on any atom is 0.166 e. The minimum atomic E-state index is 0.579. The van der Waals surface area contributed by atoms with Gasteiger partial charge in [0.15, 0.2) is 5.15 Å². The van der Waals surface area contributed by atoms with Crippen LogP contribution in [0.25, 0.3) is 0 Å². The summed E-state index contributed by atoms with van der Waals surface area (Å²) in [6.07, 6.45) is 2.74. The summed E-state index contributed by atoms with van der Waals surface area (Å²) in [6, 6.07) is 0.718. The van der Waals surface area contributed by atoms with E-state index < -0.39 is 0 Å². The fourth-order valence-electron chi connectivity index (χ4n) is 3.95. The van der Waals surface area contributed by atoms with E-state index in [4.69, 9.17) is 11.6 Å². The van der Waals surface area contributed by atoms with Gasteiger partial charge in [-0.05, 0) is 24.7 Å². The van der Waals surface area contributed by atoms with E-state index in [0.717, 1.165) is 23.6 Å². The van der Waals surface area contributed by atoms with Crippen molar-refractivity contribution in [2.75, 3.05) is 13.1 Å². The predicted octanol–water partition coefficient (Wildman–Crippen LogP) is 2.00. The molecular formula is C10H12ClN3S. The average Bonchev–Trinajstić information content (AvgIpc) is 2.80. The summed E-state index contributed by atoms with van der Waals surface area (Å²) < 4.78 is 8.51. The van der Waals surface area contributed by atoms with Gasteiger partial charge in [-0.1, -0.05) is 11.6 Å². The van der Waals surface area contributed by atoms with Crippen LogP contribution in [-0.2, 0) is 0 Å². The van der Waals surface area contributed by atoms with Crippen molar-refractivity contribution in [1.29, 1.82) is 0 Å². The number of aromatic nitrogens is 2. The van der Waals surface area contributed by atoms with Crippen LogP contribution in [0.15, 0.2) is 0 Å². The summed E-state index contributed by atoms with van der Waals surface area (Å²) in [4.78, 5) is 2.64. The van der Waals surface area contributed by atoms with Gasteiger partial charge in [-0.25, -0.2) is 0 Å². The molecule has 1 saturated carbocycles.